The topological polar surface area (TPSA) is 38.0 Å². The van der Waals surface area contributed by atoms with Crippen LogP contribution in [-0.2, 0) is 12.4 Å². The number of hydrogen-bond acceptors (Lipinski definition) is 1. The summed E-state index contributed by atoms with van der Waals surface area (Å²) in [6.45, 7) is 11.5. The van der Waals surface area contributed by atoms with Gasteiger partial charge in [-0.15, -0.1) is 0 Å². The summed E-state index contributed by atoms with van der Waals surface area (Å²) >= 11 is 0. The molecule has 0 radical (unpaired) electrons. The molecule has 0 aliphatic heterocycles. The molecule has 0 saturated heterocycles. The minimum atomic E-state index is -4.55. The summed E-state index contributed by atoms with van der Waals surface area (Å²) in [5.41, 5.74) is 7.94. The van der Waals surface area contributed by atoms with Crippen molar-refractivity contribution in [3.8, 4) is 50.8 Å². The van der Waals surface area contributed by atoms with Gasteiger partial charge in [-0.3, -0.25) is 0 Å². The Balaban J connectivity index is 1.13. The summed E-state index contributed by atoms with van der Waals surface area (Å²) < 4.78 is 87.5. The Morgan fingerprint density at radius 1 is 0.500 bits per heavy atom. The number of rotatable bonds is 5. The normalized spacial score (nSPS) is 12.0. The molecule has 64 heavy (non-hydrogen) atoms. The maximum absolute atomic E-state index is 14.3. The molecule has 0 N–H and O–H groups in total. The van der Waals surface area contributed by atoms with Gasteiger partial charge in [-0.2, -0.15) is 31.6 Å². The molecule has 4 nitrogen and oxygen atoms in total. The molecule has 0 bridgehead atoms. The van der Waals surface area contributed by atoms with E-state index < -0.39 is 23.5 Å². The number of nitriles is 1. The van der Waals surface area contributed by atoms with E-state index in [9.17, 15) is 31.6 Å². The maximum atomic E-state index is 14.3. The van der Waals surface area contributed by atoms with Gasteiger partial charge in [-0.05, 0) is 138 Å². The number of alkyl halides is 6. The Hall–Kier alpha value is -8.08. The van der Waals surface area contributed by atoms with Gasteiger partial charge in [0, 0.05) is 32.9 Å². The summed E-state index contributed by atoms with van der Waals surface area (Å²) in [6.07, 6.45) is -9.00. The average Bonchev–Trinajstić information content (AvgIpc) is 3.80. The molecule has 0 unspecified atom stereocenters. The fourth-order valence-corrected chi connectivity index (χ4v) is 9.11. The van der Waals surface area contributed by atoms with Crippen LogP contribution in [0.3, 0.4) is 0 Å². The summed E-state index contributed by atoms with van der Waals surface area (Å²) in [4.78, 5) is 3.88. The van der Waals surface area contributed by atoms with E-state index in [0.29, 0.717) is 50.3 Å². The smallest absolute Gasteiger partial charge is 0.309 e. The third-order valence-electron chi connectivity index (χ3n) is 12.0. The highest BCUT2D eigenvalue weighted by molar-refractivity contribution is 6.12. The number of nitrogens with zero attached hydrogens (tertiary/aromatic N) is 4. The third kappa shape index (κ3) is 6.54. The van der Waals surface area contributed by atoms with Crippen molar-refractivity contribution in [2.45, 2.75) is 26.2 Å². The lowest BCUT2D eigenvalue weighted by Crippen LogP contribution is -2.07. The van der Waals surface area contributed by atoms with Crippen LogP contribution in [0.1, 0.15) is 27.8 Å². The van der Waals surface area contributed by atoms with E-state index in [1.54, 1.807) is 44.2 Å². The van der Waals surface area contributed by atoms with Crippen molar-refractivity contribution >= 4 is 49.3 Å². The van der Waals surface area contributed by atoms with Crippen molar-refractivity contribution in [2.75, 3.05) is 0 Å². The number of aryl methyl sites for hydroxylation is 2. The molecule has 0 saturated carbocycles. The lowest BCUT2D eigenvalue weighted by atomic mass is 9.96. The second-order valence-corrected chi connectivity index (χ2v) is 15.9. The van der Waals surface area contributed by atoms with E-state index in [1.807, 2.05) is 102 Å². The van der Waals surface area contributed by atoms with E-state index >= 15 is 0 Å². The van der Waals surface area contributed by atoms with E-state index in [1.165, 1.54) is 12.1 Å². The lowest BCUT2D eigenvalue weighted by molar-refractivity contribution is -0.138. The van der Waals surface area contributed by atoms with Gasteiger partial charge in [0.05, 0.1) is 51.4 Å². The Labute approximate surface area is 362 Å². The van der Waals surface area contributed by atoms with Crippen LogP contribution in [0.4, 0.5) is 32.0 Å². The molecule has 0 aliphatic rings. The second kappa shape index (κ2) is 14.8. The number of para-hydroxylation sites is 2. The summed E-state index contributed by atoms with van der Waals surface area (Å²) in [5, 5.41) is 13.9. The van der Waals surface area contributed by atoms with Gasteiger partial charge in [-0.1, -0.05) is 78.4 Å². The Morgan fingerprint density at radius 2 is 1.05 bits per heavy atom. The van der Waals surface area contributed by atoms with Crippen LogP contribution >= 0.6 is 0 Å². The predicted molar refractivity (Wildman–Crippen MR) is 242 cm³/mol. The highest BCUT2D eigenvalue weighted by atomic mass is 19.4. The Morgan fingerprint density at radius 3 is 1.61 bits per heavy atom. The van der Waals surface area contributed by atoms with Crippen LogP contribution in [0.15, 0.2) is 158 Å². The van der Waals surface area contributed by atoms with Crippen molar-refractivity contribution in [1.82, 2.24) is 9.13 Å². The number of fused-ring (bicyclic) bond motifs is 6. The summed E-state index contributed by atoms with van der Waals surface area (Å²) in [6, 6.07) is 47.9. The quantitative estimate of drug-likeness (QED) is 0.126. The number of benzene rings is 8. The lowest BCUT2D eigenvalue weighted by Gasteiger charge is -2.16. The SMILES string of the molecule is [C-]#[N+]c1ccc(-n2c3ccccc3c3cc(-c4ccc(C(F)(F)F)cc4C)ccc32)cc1-c1cc(-n2c3ccccc3c3cc(-c4ccc(C)cc4C(F)(F)F)ccc32)ccc1C#N. The zero-order valence-corrected chi connectivity index (χ0v) is 34.1. The van der Waals surface area contributed by atoms with E-state index in [0.717, 1.165) is 73.1 Å². The van der Waals surface area contributed by atoms with Crippen LogP contribution in [0.2, 0.25) is 0 Å². The molecular weight excluding hydrogens is 819 g/mol. The molecule has 0 fully saturated rings. The average molecular weight is 851 g/mol. The van der Waals surface area contributed by atoms with Gasteiger partial charge in [0.15, 0.2) is 5.69 Å². The van der Waals surface area contributed by atoms with Crippen LogP contribution in [0.5, 0.6) is 0 Å². The highest BCUT2D eigenvalue weighted by Crippen LogP contribution is 2.44. The summed E-state index contributed by atoms with van der Waals surface area (Å²) in [5.74, 6) is 0. The molecule has 2 heterocycles. The van der Waals surface area contributed by atoms with Crippen molar-refractivity contribution in [1.29, 1.82) is 5.26 Å². The molecule has 0 spiro atoms. The second-order valence-electron chi connectivity index (χ2n) is 15.9. The van der Waals surface area contributed by atoms with Crippen LogP contribution in [0, 0.1) is 31.8 Å². The van der Waals surface area contributed by atoms with Crippen molar-refractivity contribution in [3.63, 3.8) is 0 Å². The van der Waals surface area contributed by atoms with E-state index in [4.69, 9.17) is 6.57 Å². The minimum absolute atomic E-state index is 0.0852. The first-order chi connectivity index (χ1) is 30.7. The van der Waals surface area contributed by atoms with Gasteiger partial charge in [0.1, 0.15) is 0 Å². The van der Waals surface area contributed by atoms with Gasteiger partial charge >= 0.3 is 12.4 Å². The summed E-state index contributed by atoms with van der Waals surface area (Å²) in [7, 11) is 0. The third-order valence-corrected chi connectivity index (χ3v) is 12.0. The van der Waals surface area contributed by atoms with Crippen molar-refractivity contribution < 1.29 is 26.3 Å². The van der Waals surface area contributed by atoms with Gasteiger partial charge < -0.3 is 9.13 Å². The van der Waals surface area contributed by atoms with Crippen LogP contribution < -0.4 is 0 Å². The number of halogens is 6. The highest BCUT2D eigenvalue weighted by Gasteiger charge is 2.34. The molecular formula is C54H32F6N4. The van der Waals surface area contributed by atoms with Gasteiger partial charge in [0.2, 0.25) is 0 Å². The van der Waals surface area contributed by atoms with Crippen LogP contribution in [0.25, 0.3) is 93.2 Å². The zero-order valence-electron chi connectivity index (χ0n) is 34.1. The standard InChI is InChI=1S/C54H32F6N4/c1-31-12-19-40(47(24-31)54(58,59)60)34-15-23-52-46(27-34)42-9-5-6-10-49(42)63(52)37-17-13-35(30-61)43(28-37)44-29-38(18-21-48(44)62-3)64-50-11-7-4-8-41(50)45-26-33(14-22-51(45)64)39-20-16-36(25-32(39)2)53(55,56)57/h4-29H,1-2H3. The molecule has 0 amide bonds. The molecule has 2 aromatic heterocycles. The van der Waals surface area contributed by atoms with Crippen molar-refractivity contribution in [3.05, 3.63) is 197 Å². The first kappa shape index (κ1) is 40.0. The minimum Gasteiger partial charge on any atom is -0.309 e. The molecule has 8 aromatic carbocycles. The first-order valence-electron chi connectivity index (χ1n) is 20.2. The molecule has 310 valence electrons. The largest absolute Gasteiger partial charge is 0.417 e. The van der Waals surface area contributed by atoms with Crippen LogP contribution in [-0.4, -0.2) is 9.13 Å². The fraction of sp³-hybridized carbons (Fsp3) is 0.0741. The monoisotopic (exact) mass is 850 g/mol. The first-order valence-corrected chi connectivity index (χ1v) is 20.2. The van der Waals surface area contributed by atoms with E-state index in [2.05, 4.69) is 15.5 Å². The fourth-order valence-electron chi connectivity index (χ4n) is 9.11. The van der Waals surface area contributed by atoms with Gasteiger partial charge in [-0.25, -0.2) is 4.85 Å². The molecule has 10 heteroatoms. The maximum Gasteiger partial charge on any atom is 0.417 e. The van der Waals surface area contributed by atoms with Crippen molar-refractivity contribution in [2.24, 2.45) is 0 Å². The molecule has 10 rings (SSSR count). The molecule has 0 aliphatic carbocycles. The molecule has 0 atom stereocenters. The van der Waals surface area contributed by atoms with Gasteiger partial charge in [0.25, 0.3) is 0 Å². The Kier molecular flexibility index (Phi) is 9.25. The Bertz CT molecular complexity index is 3650. The zero-order chi connectivity index (χ0) is 44.7. The number of aromatic nitrogens is 2. The molecule has 10 aromatic rings. The number of hydrogen-bond donors (Lipinski definition) is 0. The predicted octanol–water partition coefficient (Wildman–Crippen LogP) is 16.0. The van der Waals surface area contributed by atoms with E-state index in [-0.39, 0.29) is 5.56 Å².